The van der Waals surface area contributed by atoms with Gasteiger partial charge in [0.15, 0.2) is 6.10 Å². The third-order valence-corrected chi connectivity index (χ3v) is 10.4. The zero-order chi connectivity index (χ0) is 47.9. The van der Waals surface area contributed by atoms with Gasteiger partial charge in [0, 0.05) is 19.3 Å². The molecule has 0 saturated heterocycles. The van der Waals surface area contributed by atoms with Crippen molar-refractivity contribution in [3.8, 4) is 0 Å². The second-order valence-corrected chi connectivity index (χ2v) is 16.7. The first kappa shape index (κ1) is 61.5. The Morgan fingerprint density at radius 1 is 0.333 bits per heavy atom. The zero-order valence-electron chi connectivity index (χ0n) is 42.1. The number of carbonyl (C=O) groups is 3. The van der Waals surface area contributed by atoms with Crippen molar-refractivity contribution in [1.29, 1.82) is 0 Å². The first-order valence-electron chi connectivity index (χ1n) is 26.2. The van der Waals surface area contributed by atoms with E-state index in [9.17, 15) is 14.4 Å². The molecule has 0 aliphatic carbocycles. The predicted molar refractivity (Wildman–Crippen MR) is 283 cm³/mol. The van der Waals surface area contributed by atoms with Crippen LogP contribution in [0.3, 0.4) is 0 Å². The minimum atomic E-state index is -0.827. The Kier molecular flexibility index (Phi) is 49.6. The van der Waals surface area contributed by atoms with E-state index in [4.69, 9.17) is 14.2 Å². The molecule has 0 aromatic carbocycles. The van der Waals surface area contributed by atoms with Gasteiger partial charge in [-0.1, -0.05) is 206 Å². The fourth-order valence-corrected chi connectivity index (χ4v) is 6.54. The molecule has 0 N–H and O–H groups in total. The van der Waals surface area contributed by atoms with Crippen LogP contribution >= 0.6 is 0 Å². The summed E-state index contributed by atoms with van der Waals surface area (Å²) in [4.78, 5) is 38.0. The van der Waals surface area contributed by atoms with Crippen molar-refractivity contribution in [2.75, 3.05) is 13.2 Å². The van der Waals surface area contributed by atoms with Gasteiger partial charge >= 0.3 is 17.9 Å². The van der Waals surface area contributed by atoms with E-state index >= 15 is 0 Å². The molecule has 0 radical (unpaired) electrons. The molecular formula is C60H94O6. The number of hydrogen-bond donors (Lipinski definition) is 0. The highest BCUT2D eigenvalue weighted by molar-refractivity contribution is 5.71. The highest BCUT2D eigenvalue weighted by Crippen LogP contribution is 2.12. The largest absolute Gasteiger partial charge is 0.462 e. The molecule has 0 amide bonds. The van der Waals surface area contributed by atoms with Gasteiger partial charge in [0.05, 0.1) is 0 Å². The summed E-state index contributed by atoms with van der Waals surface area (Å²) in [6.45, 7) is 6.26. The van der Waals surface area contributed by atoms with E-state index in [1.54, 1.807) is 0 Å². The van der Waals surface area contributed by atoms with Gasteiger partial charge in [-0.05, 0) is 116 Å². The minimum absolute atomic E-state index is 0.119. The molecular weight excluding hydrogens is 817 g/mol. The van der Waals surface area contributed by atoms with Crippen molar-refractivity contribution in [3.05, 3.63) is 134 Å². The number of unbranched alkanes of at least 4 members (excludes halogenated alkanes) is 14. The molecule has 6 nitrogen and oxygen atoms in total. The summed E-state index contributed by atoms with van der Waals surface area (Å²) in [5.41, 5.74) is 0. The summed E-state index contributed by atoms with van der Waals surface area (Å²) < 4.78 is 16.7. The van der Waals surface area contributed by atoms with Gasteiger partial charge in [0.2, 0.25) is 0 Å². The van der Waals surface area contributed by atoms with E-state index in [1.807, 2.05) is 0 Å². The van der Waals surface area contributed by atoms with Gasteiger partial charge < -0.3 is 14.2 Å². The molecule has 1 unspecified atom stereocenters. The average molecular weight is 911 g/mol. The maximum atomic E-state index is 12.8. The summed E-state index contributed by atoms with van der Waals surface area (Å²) in [5, 5.41) is 0. The van der Waals surface area contributed by atoms with E-state index in [-0.39, 0.29) is 44.0 Å². The summed E-state index contributed by atoms with van der Waals surface area (Å²) in [5.74, 6) is -1.03. The lowest BCUT2D eigenvalue weighted by atomic mass is 10.1. The topological polar surface area (TPSA) is 78.9 Å². The van der Waals surface area contributed by atoms with Gasteiger partial charge in [-0.25, -0.2) is 0 Å². The highest BCUT2D eigenvalue weighted by Gasteiger charge is 2.19. The molecule has 0 saturated carbocycles. The maximum absolute atomic E-state index is 12.8. The second-order valence-electron chi connectivity index (χ2n) is 16.7. The van der Waals surface area contributed by atoms with Gasteiger partial charge in [-0.3, -0.25) is 14.4 Å². The Balaban J connectivity index is 4.58. The summed E-state index contributed by atoms with van der Waals surface area (Å²) in [7, 11) is 0. The number of esters is 3. The van der Waals surface area contributed by atoms with E-state index in [0.29, 0.717) is 19.3 Å². The Morgan fingerprint density at radius 2 is 0.682 bits per heavy atom. The van der Waals surface area contributed by atoms with E-state index in [2.05, 4.69) is 154 Å². The van der Waals surface area contributed by atoms with Gasteiger partial charge in [0.25, 0.3) is 0 Å². The maximum Gasteiger partial charge on any atom is 0.306 e. The molecule has 0 bridgehead atoms. The van der Waals surface area contributed by atoms with E-state index < -0.39 is 6.10 Å². The number of ether oxygens (including phenoxy) is 3. The quantitative estimate of drug-likeness (QED) is 0.0199. The minimum Gasteiger partial charge on any atom is -0.462 e. The Bertz CT molecular complexity index is 1460. The third-order valence-electron chi connectivity index (χ3n) is 10.4. The molecule has 0 aromatic heterocycles. The van der Waals surface area contributed by atoms with Crippen LogP contribution in [0, 0.1) is 0 Å². The molecule has 0 aromatic rings. The van der Waals surface area contributed by atoms with Gasteiger partial charge in [0.1, 0.15) is 13.2 Å². The Hall–Kier alpha value is -4.45. The van der Waals surface area contributed by atoms with Crippen LogP contribution in [0.25, 0.3) is 0 Å². The number of allylic oxidation sites excluding steroid dienone is 22. The standard InChI is InChI=1S/C60H94O6/c1-4-7-10-13-16-19-22-25-28-30-33-35-38-41-44-47-50-53-59(62)65-56-57(55-64-58(61)52-49-46-43-40-37-34-31-27-24-21-18-15-12-9-6-3)66-60(63)54-51-48-45-42-39-36-32-29-26-23-20-17-14-11-8-5-2/h8-9,11-12,15-21,24-26,28-29,33,35-36,39,41,44,57H,4-7,10,13-14,22-23,27,30-32,34,37-38,40,42-43,45-56H2,1-3H3/b11-8-,12-9-,18-15-,19-16-,20-17-,24-21-,28-25-,29-26-,35-33-,39-36-,44-41-. The molecule has 0 spiro atoms. The molecule has 0 aliphatic rings. The van der Waals surface area contributed by atoms with Crippen molar-refractivity contribution < 1.29 is 28.6 Å². The van der Waals surface area contributed by atoms with Gasteiger partial charge in [-0.15, -0.1) is 0 Å². The van der Waals surface area contributed by atoms with Crippen LogP contribution in [-0.4, -0.2) is 37.2 Å². The van der Waals surface area contributed by atoms with Crippen molar-refractivity contribution in [2.24, 2.45) is 0 Å². The average Bonchev–Trinajstić information content (AvgIpc) is 3.31. The fourth-order valence-electron chi connectivity index (χ4n) is 6.54. The highest BCUT2D eigenvalue weighted by atomic mass is 16.6. The van der Waals surface area contributed by atoms with Crippen LogP contribution in [0.5, 0.6) is 0 Å². The van der Waals surface area contributed by atoms with E-state index in [1.165, 1.54) is 44.9 Å². The molecule has 0 fully saturated rings. The summed E-state index contributed by atoms with van der Waals surface area (Å²) in [6.07, 6.45) is 74.4. The smallest absolute Gasteiger partial charge is 0.306 e. The van der Waals surface area contributed by atoms with Crippen LogP contribution in [0.4, 0.5) is 0 Å². The molecule has 1 atom stereocenters. The lowest BCUT2D eigenvalue weighted by Gasteiger charge is -2.18. The van der Waals surface area contributed by atoms with E-state index in [0.717, 1.165) is 109 Å². The van der Waals surface area contributed by atoms with Crippen molar-refractivity contribution in [3.63, 3.8) is 0 Å². The van der Waals surface area contributed by atoms with Crippen LogP contribution in [-0.2, 0) is 28.6 Å². The number of hydrogen-bond acceptors (Lipinski definition) is 6. The van der Waals surface area contributed by atoms with Crippen molar-refractivity contribution in [2.45, 2.75) is 213 Å². The first-order valence-corrected chi connectivity index (χ1v) is 26.2. The predicted octanol–water partition coefficient (Wildman–Crippen LogP) is 17.5. The monoisotopic (exact) mass is 911 g/mol. The SMILES string of the molecule is CC\C=C/C=C\C=C/CCCCCCCCCC(=O)OCC(COC(=O)CCC/C=C\C/C=C\C/C=C\C/C=C\CCCCC)OC(=O)CCCCC/C=C\C/C=C\C/C=C\C/C=C\CC. The van der Waals surface area contributed by atoms with Crippen LogP contribution in [0.15, 0.2) is 134 Å². The van der Waals surface area contributed by atoms with Crippen LogP contribution < -0.4 is 0 Å². The van der Waals surface area contributed by atoms with Gasteiger partial charge in [-0.2, -0.15) is 0 Å². The molecule has 370 valence electrons. The molecule has 66 heavy (non-hydrogen) atoms. The Labute approximate surface area is 405 Å². The van der Waals surface area contributed by atoms with Crippen LogP contribution in [0.2, 0.25) is 0 Å². The van der Waals surface area contributed by atoms with Crippen molar-refractivity contribution >= 4 is 17.9 Å². The van der Waals surface area contributed by atoms with Crippen molar-refractivity contribution in [1.82, 2.24) is 0 Å². The number of rotatable bonds is 45. The normalized spacial score (nSPS) is 13.2. The molecule has 0 rings (SSSR count). The lowest BCUT2D eigenvalue weighted by Crippen LogP contribution is -2.30. The fraction of sp³-hybridized carbons (Fsp3) is 0.583. The third kappa shape index (κ3) is 50.5. The summed E-state index contributed by atoms with van der Waals surface area (Å²) >= 11 is 0. The second kappa shape index (κ2) is 53.2. The molecule has 0 heterocycles. The lowest BCUT2D eigenvalue weighted by molar-refractivity contribution is -0.167. The first-order chi connectivity index (χ1) is 32.5. The Morgan fingerprint density at radius 3 is 1.17 bits per heavy atom. The summed E-state index contributed by atoms with van der Waals surface area (Å²) in [6, 6.07) is 0. The zero-order valence-corrected chi connectivity index (χ0v) is 42.1. The number of carbonyl (C=O) groups excluding carboxylic acids is 3. The molecule has 6 heteroatoms. The molecule has 0 aliphatic heterocycles. The van der Waals surface area contributed by atoms with Crippen LogP contribution in [0.1, 0.15) is 207 Å².